The molecule has 1 heterocycles. The molecule has 0 aromatic rings. The van der Waals surface area contributed by atoms with Gasteiger partial charge in [-0.15, -0.1) is 0 Å². The van der Waals surface area contributed by atoms with Gasteiger partial charge in [-0.3, -0.25) is 4.90 Å². The Bertz CT molecular complexity index is 330. The minimum absolute atomic E-state index is 0.464. The van der Waals surface area contributed by atoms with E-state index in [1.807, 2.05) is 6.92 Å². The van der Waals surface area contributed by atoms with Crippen LogP contribution >= 0.6 is 0 Å². The first-order valence-corrected chi connectivity index (χ1v) is 9.25. The van der Waals surface area contributed by atoms with Crippen molar-refractivity contribution < 1.29 is 5.11 Å². The first-order chi connectivity index (χ1) is 10.1. The van der Waals surface area contributed by atoms with E-state index in [-0.39, 0.29) is 0 Å². The predicted octanol–water partition coefficient (Wildman–Crippen LogP) is 2.93. The van der Waals surface area contributed by atoms with E-state index < -0.39 is 5.60 Å². The summed E-state index contributed by atoms with van der Waals surface area (Å²) in [7, 11) is 0. The van der Waals surface area contributed by atoms with E-state index in [1.54, 1.807) is 0 Å². The van der Waals surface area contributed by atoms with E-state index in [1.165, 1.54) is 71.0 Å². The third-order valence-electron chi connectivity index (χ3n) is 5.82. The molecular formula is C18H34N2O. The lowest BCUT2D eigenvalue weighted by atomic mass is 9.78. The zero-order valence-corrected chi connectivity index (χ0v) is 13.9. The van der Waals surface area contributed by atoms with Gasteiger partial charge in [0.2, 0.25) is 0 Å². The predicted molar refractivity (Wildman–Crippen MR) is 87.5 cm³/mol. The number of aliphatic hydroxyl groups is 1. The highest BCUT2D eigenvalue weighted by Crippen LogP contribution is 2.37. The number of rotatable bonds is 5. The van der Waals surface area contributed by atoms with Gasteiger partial charge in [-0.05, 0) is 57.4 Å². The number of nitrogens with one attached hydrogen (secondary N) is 1. The molecule has 1 atom stereocenters. The van der Waals surface area contributed by atoms with Crippen LogP contribution in [0.5, 0.6) is 0 Å². The van der Waals surface area contributed by atoms with Gasteiger partial charge >= 0.3 is 0 Å². The van der Waals surface area contributed by atoms with E-state index in [2.05, 4.69) is 10.2 Å². The second kappa shape index (κ2) is 6.55. The number of likely N-dealkylation sites (tertiary alicyclic amines) is 1. The summed E-state index contributed by atoms with van der Waals surface area (Å²) in [5.74, 6) is 0. The molecule has 0 bridgehead atoms. The molecule has 2 saturated carbocycles. The van der Waals surface area contributed by atoms with Crippen LogP contribution in [0, 0.1) is 5.41 Å². The summed E-state index contributed by atoms with van der Waals surface area (Å²) >= 11 is 0. The molecule has 2 N–H and O–H groups in total. The van der Waals surface area contributed by atoms with E-state index in [0.717, 1.165) is 25.4 Å². The average molecular weight is 294 g/mol. The van der Waals surface area contributed by atoms with E-state index >= 15 is 0 Å². The first-order valence-electron chi connectivity index (χ1n) is 9.25. The van der Waals surface area contributed by atoms with Gasteiger partial charge in [-0.2, -0.15) is 0 Å². The van der Waals surface area contributed by atoms with Crippen LogP contribution in [0.4, 0.5) is 0 Å². The molecule has 0 aromatic carbocycles. The summed E-state index contributed by atoms with van der Waals surface area (Å²) in [6.45, 7) is 6.47. The Morgan fingerprint density at radius 3 is 2.38 bits per heavy atom. The topological polar surface area (TPSA) is 35.5 Å². The molecule has 3 nitrogen and oxygen atoms in total. The Kier molecular flexibility index (Phi) is 4.92. The van der Waals surface area contributed by atoms with Crippen molar-refractivity contribution in [1.29, 1.82) is 0 Å². The zero-order chi connectivity index (χ0) is 14.8. The summed E-state index contributed by atoms with van der Waals surface area (Å²) in [4.78, 5) is 2.56. The summed E-state index contributed by atoms with van der Waals surface area (Å²) in [6, 6.07) is 0.814. The smallest absolute Gasteiger partial charge is 0.0746 e. The molecule has 0 aromatic heterocycles. The molecule has 3 heteroatoms. The fraction of sp³-hybridized carbons (Fsp3) is 1.00. The Morgan fingerprint density at radius 1 is 1.05 bits per heavy atom. The van der Waals surface area contributed by atoms with Gasteiger partial charge in [0.1, 0.15) is 0 Å². The first kappa shape index (κ1) is 15.8. The minimum Gasteiger partial charge on any atom is -0.389 e. The van der Waals surface area contributed by atoms with Crippen molar-refractivity contribution in [3.8, 4) is 0 Å². The van der Waals surface area contributed by atoms with Gasteiger partial charge in [-0.1, -0.05) is 25.7 Å². The molecule has 0 amide bonds. The molecule has 1 aliphatic heterocycles. The molecular weight excluding hydrogens is 260 g/mol. The van der Waals surface area contributed by atoms with Crippen molar-refractivity contribution in [3.05, 3.63) is 0 Å². The molecule has 0 spiro atoms. The van der Waals surface area contributed by atoms with Crippen LogP contribution in [0.3, 0.4) is 0 Å². The normalized spacial score (nSPS) is 34.6. The second-order valence-corrected chi connectivity index (χ2v) is 8.38. The Hall–Kier alpha value is -0.120. The maximum Gasteiger partial charge on any atom is 0.0746 e. The monoisotopic (exact) mass is 294 g/mol. The highest BCUT2D eigenvalue weighted by atomic mass is 16.3. The molecule has 1 saturated heterocycles. The zero-order valence-electron chi connectivity index (χ0n) is 13.9. The number of hydrogen-bond acceptors (Lipinski definition) is 3. The largest absolute Gasteiger partial charge is 0.389 e. The van der Waals surface area contributed by atoms with Gasteiger partial charge in [0.15, 0.2) is 0 Å². The van der Waals surface area contributed by atoms with Crippen LogP contribution in [0.25, 0.3) is 0 Å². The Morgan fingerprint density at radius 2 is 1.76 bits per heavy atom. The maximum absolute atomic E-state index is 10.4. The molecule has 3 aliphatic rings. The average Bonchev–Trinajstić information content (AvgIpc) is 3.23. The third kappa shape index (κ3) is 4.67. The minimum atomic E-state index is -0.464. The maximum atomic E-state index is 10.4. The Balaban J connectivity index is 1.62. The van der Waals surface area contributed by atoms with Gasteiger partial charge in [0.05, 0.1) is 5.60 Å². The molecule has 0 radical (unpaired) electrons. The molecule has 3 rings (SSSR count). The van der Waals surface area contributed by atoms with Crippen molar-refractivity contribution in [3.63, 3.8) is 0 Å². The van der Waals surface area contributed by atoms with Gasteiger partial charge in [0.25, 0.3) is 0 Å². The van der Waals surface area contributed by atoms with Crippen molar-refractivity contribution in [2.45, 2.75) is 82.8 Å². The summed E-state index contributed by atoms with van der Waals surface area (Å²) in [5, 5.41) is 14.2. The van der Waals surface area contributed by atoms with Crippen molar-refractivity contribution in [2.75, 3.05) is 26.2 Å². The van der Waals surface area contributed by atoms with E-state index in [4.69, 9.17) is 0 Å². The lowest BCUT2D eigenvalue weighted by molar-refractivity contribution is -0.0304. The van der Waals surface area contributed by atoms with Gasteiger partial charge < -0.3 is 10.4 Å². The van der Waals surface area contributed by atoms with Gasteiger partial charge in [-0.25, -0.2) is 0 Å². The number of nitrogens with zero attached hydrogens (tertiary/aromatic N) is 1. The number of β-amino-alcohol motifs (C(OH)–C–C–N with tert-alkyl or cyclic N) is 1. The van der Waals surface area contributed by atoms with Crippen LogP contribution in [-0.4, -0.2) is 47.8 Å². The quantitative estimate of drug-likeness (QED) is 0.765. The van der Waals surface area contributed by atoms with Crippen LogP contribution in [-0.2, 0) is 0 Å². The molecule has 122 valence electrons. The van der Waals surface area contributed by atoms with Crippen LogP contribution < -0.4 is 5.32 Å². The summed E-state index contributed by atoms with van der Waals surface area (Å²) in [5.41, 5.74) is 0.000596. The lowest BCUT2D eigenvalue weighted by Gasteiger charge is -2.43. The SMILES string of the molecule is CC1(O)CCCN(CC2(CNC3CC3)CCCCCC2)C1. The third-order valence-corrected chi connectivity index (χ3v) is 5.82. The van der Waals surface area contributed by atoms with Crippen molar-refractivity contribution >= 4 is 0 Å². The van der Waals surface area contributed by atoms with Crippen LogP contribution in [0.15, 0.2) is 0 Å². The van der Waals surface area contributed by atoms with Crippen LogP contribution in [0.2, 0.25) is 0 Å². The fourth-order valence-electron chi connectivity index (χ4n) is 4.45. The molecule has 21 heavy (non-hydrogen) atoms. The standard InChI is InChI=1S/C18H34N2O/c1-17(21)9-6-12-20(14-17)15-18(13-19-16-7-8-16)10-4-2-3-5-11-18/h16,19,21H,2-15H2,1H3. The molecule has 1 unspecified atom stereocenters. The van der Waals surface area contributed by atoms with Crippen molar-refractivity contribution in [1.82, 2.24) is 10.2 Å². The molecule has 3 fully saturated rings. The van der Waals surface area contributed by atoms with E-state index in [0.29, 0.717) is 5.41 Å². The summed E-state index contributed by atoms with van der Waals surface area (Å²) in [6.07, 6.45) is 13.3. The van der Waals surface area contributed by atoms with Gasteiger partial charge in [0, 0.05) is 25.7 Å². The molecule has 2 aliphatic carbocycles. The number of hydrogen-bond donors (Lipinski definition) is 2. The van der Waals surface area contributed by atoms with E-state index in [9.17, 15) is 5.11 Å². The Labute approximate surface area is 130 Å². The van der Waals surface area contributed by atoms with Crippen molar-refractivity contribution in [2.24, 2.45) is 5.41 Å². The highest BCUT2D eigenvalue weighted by molar-refractivity contribution is 4.93. The fourth-order valence-corrected chi connectivity index (χ4v) is 4.45. The van der Waals surface area contributed by atoms with Crippen LogP contribution in [0.1, 0.15) is 71.1 Å². The second-order valence-electron chi connectivity index (χ2n) is 8.38. The highest BCUT2D eigenvalue weighted by Gasteiger charge is 2.37. The summed E-state index contributed by atoms with van der Waals surface area (Å²) < 4.78 is 0. The number of piperidine rings is 1. The lowest BCUT2D eigenvalue weighted by Crippen LogP contribution is -2.52.